The Morgan fingerprint density at radius 1 is 1.28 bits per heavy atom. The van der Waals surface area contributed by atoms with Crippen LogP contribution in [0, 0.1) is 6.92 Å². The fraction of sp³-hybridized carbons (Fsp3) is 0.400. The van der Waals surface area contributed by atoms with Crippen LogP contribution in [-0.4, -0.2) is 16.1 Å². The zero-order valence-corrected chi connectivity index (χ0v) is 10.8. The van der Waals surface area contributed by atoms with E-state index in [0.717, 1.165) is 6.54 Å². The fourth-order valence-corrected chi connectivity index (χ4v) is 2.70. The quantitative estimate of drug-likeness (QED) is 0.876. The minimum Gasteiger partial charge on any atom is -0.309 e. The summed E-state index contributed by atoms with van der Waals surface area (Å²) in [6.45, 7) is 3.26. The number of imidazole rings is 1. The third-order valence-electron chi connectivity index (χ3n) is 3.71. The predicted molar refractivity (Wildman–Crippen MR) is 72.9 cm³/mol. The maximum absolute atomic E-state index is 4.34. The zero-order valence-electron chi connectivity index (χ0n) is 10.8. The average Bonchev–Trinajstić information content (AvgIpc) is 2.89. The maximum atomic E-state index is 4.34. The Labute approximate surface area is 108 Å². The van der Waals surface area contributed by atoms with Crippen molar-refractivity contribution in [2.24, 2.45) is 0 Å². The smallest absolute Gasteiger partial charge is 0.0994 e. The number of benzene rings is 1. The van der Waals surface area contributed by atoms with Crippen LogP contribution in [0.25, 0.3) is 5.69 Å². The molecule has 0 amide bonds. The number of para-hydroxylation sites is 1. The highest BCUT2D eigenvalue weighted by atomic mass is 15.1. The minimum atomic E-state index is 0.445. The lowest BCUT2D eigenvalue weighted by Crippen LogP contribution is -2.28. The molecule has 0 radical (unpaired) electrons. The Balaban J connectivity index is 1.98. The van der Waals surface area contributed by atoms with Crippen molar-refractivity contribution in [3.63, 3.8) is 0 Å². The van der Waals surface area contributed by atoms with E-state index in [2.05, 4.69) is 46.1 Å². The van der Waals surface area contributed by atoms with Crippen molar-refractivity contribution in [3.8, 4) is 5.69 Å². The molecule has 1 saturated heterocycles. The molecule has 0 saturated carbocycles. The predicted octanol–water partition coefficient (Wildman–Crippen LogP) is 3.00. The first-order chi connectivity index (χ1) is 8.86. The van der Waals surface area contributed by atoms with Gasteiger partial charge in [0, 0.05) is 11.7 Å². The molecule has 1 N–H and O–H groups in total. The molecule has 0 spiro atoms. The van der Waals surface area contributed by atoms with E-state index in [1.54, 1.807) is 0 Å². The highest BCUT2D eigenvalue weighted by molar-refractivity contribution is 5.41. The normalized spacial score (nSPS) is 19.9. The Morgan fingerprint density at radius 2 is 2.17 bits per heavy atom. The lowest BCUT2D eigenvalue weighted by atomic mass is 10.0. The van der Waals surface area contributed by atoms with Gasteiger partial charge >= 0.3 is 0 Å². The molecule has 1 aromatic carbocycles. The van der Waals surface area contributed by atoms with Crippen molar-refractivity contribution in [3.05, 3.63) is 48.0 Å². The van der Waals surface area contributed by atoms with Crippen molar-refractivity contribution in [1.29, 1.82) is 0 Å². The van der Waals surface area contributed by atoms with E-state index in [1.165, 1.54) is 36.2 Å². The number of aromatic nitrogens is 2. The molecule has 0 aliphatic carbocycles. The number of piperidine rings is 1. The van der Waals surface area contributed by atoms with Gasteiger partial charge < -0.3 is 9.88 Å². The van der Waals surface area contributed by atoms with Gasteiger partial charge in [-0.05, 0) is 37.9 Å². The Morgan fingerprint density at radius 3 is 2.94 bits per heavy atom. The topological polar surface area (TPSA) is 29.9 Å². The lowest BCUT2D eigenvalue weighted by Gasteiger charge is -2.24. The van der Waals surface area contributed by atoms with Gasteiger partial charge in [0.25, 0.3) is 0 Å². The first kappa shape index (κ1) is 11.5. The molecule has 1 aromatic heterocycles. The first-order valence-electron chi connectivity index (χ1n) is 6.68. The number of nitrogens with one attached hydrogen (secondary N) is 1. The highest BCUT2D eigenvalue weighted by Crippen LogP contribution is 2.25. The van der Waals surface area contributed by atoms with Crippen molar-refractivity contribution in [1.82, 2.24) is 14.9 Å². The van der Waals surface area contributed by atoms with Crippen LogP contribution in [0.2, 0.25) is 0 Å². The van der Waals surface area contributed by atoms with Crippen LogP contribution < -0.4 is 5.32 Å². The summed E-state index contributed by atoms with van der Waals surface area (Å²) in [6, 6.07) is 8.91. The summed E-state index contributed by atoms with van der Waals surface area (Å²) in [5.41, 5.74) is 3.80. The third kappa shape index (κ3) is 2.06. The summed E-state index contributed by atoms with van der Waals surface area (Å²) in [4.78, 5) is 4.34. The lowest BCUT2D eigenvalue weighted by molar-refractivity contribution is 0.402. The molecule has 1 aliphatic rings. The second-order valence-corrected chi connectivity index (χ2v) is 4.98. The zero-order chi connectivity index (χ0) is 12.4. The Kier molecular flexibility index (Phi) is 3.15. The molecule has 1 unspecified atom stereocenters. The van der Waals surface area contributed by atoms with Crippen LogP contribution >= 0.6 is 0 Å². The van der Waals surface area contributed by atoms with Gasteiger partial charge in [-0.1, -0.05) is 24.6 Å². The van der Waals surface area contributed by atoms with Crippen LogP contribution in [0.5, 0.6) is 0 Å². The van der Waals surface area contributed by atoms with Gasteiger partial charge in [-0.3, -0.25) is 0 Å². The molecule has 3 heteroatoms. The van der Waals surface area contributed by atoms with E-state index in [4.69, 9.17) is 0 Å². The fourth-order valence-electron chi connectivity index (χ4n) is 2.70. The SMILES string of the molecule is Cc1ccccc1-n1cncc1C1CCCCN1. The van der Waals surface area contributed by atoms with E-state index in [9.17, 15) is 0 Å². The summed E-state index contributed by atoms with van der Waals surface area (Å²) in [5.74, 6) is 0. The molecule has 3 rings (SSSR count). The summed E-state index contributed by atoms with van der Waals surface area (Å²) in [7, 11) is 0. The molecule has 1 fully saturated rings. The largest absolute Gasteiger partial charge is 0.309 e. The molecule has 1 aliphatic heterocycles. The number of hydrogen-bond acceptors (Lipinski definition) is 2. The molecular weight excluding hydrogens is 222 g/mol. The average molecular weight is 241 g/mol. The molecule has 3 nitrogen and oxygen atoms in total. The van der Waals surface area contributed by atoms with Gasteiger partial charge in [0.15, 0.2) is 0 Å². The molecule has 94 valence electrons. The second-order valence-electron chi connectivity index (χ2n) is 4.98. The van der Waals surface area contributed by atoms with Crippen molar-refractivity contribution in [2.45, 2.75) is 32.2 Å². The van der Waals surface area contributed by atoms with Gasteiger partial charge in [0.1, 0.15) is 0 Å². The van der Waals surface area contributed by atoms with Crippen molar-refractivity contribution in [2.75, 3.05) is 6.54 Å². The van der Waals surface area contributed by atoms with Gasteiger partial charge in [0.05, 0.1) is 18.2 Å². The summed E-state index contributed by atoms with van der Waals surface area (Å²) in [5, 5.41) is 3.59. The Bertz CT molecular complexity index is 524. The third-order valence-corrected chi connectivity index (χ3v) is 3.71. The molecule has 1 atom stereocenters. The summed E-state index contributed by atoms with van der Waals surface area (Å²) in [6.07, 6.45) is 7.71. The molecule has 18 heavy (non-hydrogen) atoms. The number of nitrogens with zero attached hydrogens (tertiary/aromatic N) is 2. The summed E-state index contributed by atoms with van der Waals surface area (Å²) < 4.78 is 2.22. The van der Waals surface area contributed by atoms with Gasteiger partial charge in [-0.25, -0.2) is 4.98 Å². The van der Waals surface area contributed by atoms with E-state index in [-0.39, 0.29) is 0 Å². The standard InChI is InChI=1S/C15H19N3/c1-12-6-2-3-8-14(12)18-11-16-10-15(18)13-7-4-5-9-17-13/h2-3,6,8,10-11,13,17H,4-5,7,9H2,1H3. The van der Waals surface area contributed by atoms with E-state index in [1.807, 2.05) is 12.5 Å². The van der Waals surface area contributed by atoms with Crippen LogP contribution in [0.4, 0.5) is 0 Å². The number of rotatable bonds is 2. The van der Waals surface area contributed by atoms with Crippen molar-refractivity contribution >= 4 is 0 Å². The van der Waals surface area contributed by atoms with E-state index < -0.39 is 0 Å². The van der Waals surface area contributed by atoms with E-state index >= 15 is 0 Å². The van der Waals surface area contributed by atoms with Gasteiger partial charge in [-0.2, -0.15) is 0 Å². The minimum absolute atomic E-state index is 0.445. The van der Waals surface area contributed by atoms with E-state index in [0.29, 0.717) is 6.04 Å². The molecule has 0 bridgehead atoms. The molecular formula is C15H19N3. The molecule has 2 heterocycles. The second kappa shape index (κ2) is 4.94. The van der Waals surface area contributed by atoms with Crippen LogP contribution in [0.1, 0.15) is 36.6 Å². The van der Waals surface area contributed by atoms with Crippen molar-refractivity contribution < 1.29 is 0 Å². The molecule has 2 aromatic rings. The highest BCUT2D eigenvalue weighted by Gasteiger charge is 2.19. The van der Waals surface area contributed by atoms with Gasteiger partial charge in [-0.15, -0.1) is 0 Å². The summed E-state index contributed by atoms with van der Waals surface area (Å²) >= 11 is 0. The maximum Gasteiger partial charge on any atom is 0.0994 e. The Hall–Kier alpha value is -1.61. The number of aryl methyl sites for hydroxylation is 1. The first-order valence-corrected chi connectivity index (χ1v) is 6.68. The van der Waals surface area contributed by atoms with Crippen LogP contribution in [-0.2, 0) is 0 Å². The van der Waals surface area contributed by atoms with Crippen LogP contribution in [0.15, 0.2) is 36.8 Å². The monoisotopic (exact) mass is 241 g/mol. The van der Waals surface area contributed by atoms with Gasteiger partial charge in [0.2, 0.25) is 0 Å². The number of hydrogen-bond donors (Lipinski definition) is 1. The van der Waals surface area contributed by atoms with Crippen LogP contribution in [0.3, 0.4) is 0 Å².